The van der Waals surface area contributed by atoms with Crippen molar-refractivity contribution in [3.05, 3.63) is 10.6 Å². The van der Waals surface area contributed by atoms with Gasteiger partial charge < -0.3 is 14.9 Å². The molecule has 88 valence electrons. The molecule has 1 saturated heterocycles. The third-order valence-corrected chi connectivity index (χ3v) is 3.97. The van der Waals surface area contributed by atoms with E-state index in [2.05, 4.69) is 16.8 Å². The quantitative estimate of drug-likeness (QED) is 0.810. The van der Waals surface area contributed by atoms with Crippen LogP contribution in [0.5, 0.6) is 0 Å². The number of hydrogen-bond acceptors (Lipinski definition) is 4. The van der Waals surface area contributed by atoms with Crippen LogP contribution in [0, 0.1) is 13.8 Å². The molecular formula is C10H15N3O2S. The zero-order chi connectivity index (χ0) is 11.7. The van der Waals surface area contributed by atoms with E-state index in [0.29, 0.717) is 13.1 Å². The van der Waals surface area contributed by atoms with Crippen LogP contribution in [0.2, 0.25) is 0 Å². The van der Waals surface area contributed by atoms with Crippen LogP contribution in [0.25, 0.3) is 0 Å². The van der Waals surface area contributed by atoms with Crippen molar-refractivity contribution in [1.29, 1.82) is 0 Å². The zero-order valence-corrected chi connectivity index (χ0v) is 10.3. The summed E-state index contributed by atoms with van der Waals surface area (Å²) in [6, 6.07) is 0. The van der Waals surface area contributed by atoms with Crippen LogP contribution in [0.3, 0.4) is 0 Å². The highest BCUT2D eigenvalue weighted by atomic mass is 32.1. The topological polar surface area (TPSA) is 56.7 Å². The fourth-order valence-corrected chi connectivity index (χ4v) is 2.64. The van der Waals surface area contributed by atoms with E-state index in [1.54, 1.807) is 11.3 Å². The van der Waals surface area contributed by atoms with Gasteiger partial charge >= 0.3 is 6.09 Å². The van der Waals surface area contributed by atoms with Gasteiger partial charge in [0.15, 0.2) is 5.13 Å². The summed E-state index contributed by atoms with van der Waals surface area (Å²) in [5, 5.41) is 9.85. The highest BCUT2D eigenvalue weighted by Crippen LogP contribution is 2.25. The monoisotopic (exact) mass is 241 g/mol. The molecule has 2 heterocycles. The summed E-state index contributed by atoms with van der Waals surface area (Å²) >= 11 is 1.68. The Kier molecular flexibility index (Phi) is 3.00. The van der Waals surface area contributed by atoms with Crippen LogP contribution in [0.15, 0.2) is 0 Å². The van der Waals surface area contributed by atoms with Crippen molar-refractivity contribution in [2.24, 2.45) is 0 Å². The summed E-state index contributed by atoms with van der Waals surface area (Å²) in [5.41, 5.74) is 1.07. The molecule has 1 fully saturated rings. The Balaban J connectivity index is 2.01. The lowest BCUT2D eigenvalue weighted by atomic mass is 10.3. The van der Waals surface area contributed by atoms with Crippen LogP contribution < -0.4 is 4.90 Å². The SMILES string of the molecule is Cc1nc(N2CCN(C(=O)O)CC2)sc1C. The molecule has 6 heteroatoms. The van der Waals surface area contributed by atoms with Crippen molar-refractivity contribution in [2.45, 2.75) is 13.8 Å². The Morgan fingerprint density at radius 1 is 1.31 bits per heavy atom. The average Bonchev–Trinajstić information content (AvgIpc) is 2.59. The first-order valence-electron chi connectivity index (χ1n) is 5.25. The van der Waals surface area contributed by atoms with Crippen molar-refractivity contribution in [1.82, 2.24) is 9.88 Å². The summed E-state index contributed by atoms with van der Waals surface area (Å²) in [7, 11) is 0. The first-order chi connectivity index (χ1) is 7.58. The molecule has 0 unspecified atom stereocenters. The highest BCUT2D eigenvalue weighted by Gasteiger charge is 2.22. The lowest BCUT2D eigenvalue weighted by molar-refractivity contribution is 0.142. The molecule has 0 spiro atoms. The van der Waals surface area contributed by atoms with Gasteiger partial charge in [-0.2, -0.15) is 0 Å². The Bertz CT molecular complexity index is 377. The fourth-order valence-electron chi connectivity index (χ4n) is 1.68. The average molecular weight is 241 g/mol. The zero-order valence-electron chi connectivity index (χ0n) is 9.43. The molecule has 0 saturated carbocycles. The van der Waals surface area contributed by atoms with E-state index in [1.165, 1.54) is 9.78 Å². The van der Waals surface area contributed by atoms with Crippen LogP contribution in [0.1, 0.15) is 10.6 Å². The van der Waals surface area contributed by atoms with E-state index >= 15 is 0 Å². The number of hydrogen-bond donors (Lipinski definition) is 1. The van der Waals surface area contributed by atoms with Gasteiger partial charge in [-0.3, -0.25) is 0 Å². The normalized spacial score (nSPS) is 16.6. The van der Waals surface area contributed by atoms with Gasteiger partial charge in [0.1, 0.15) is 0 Å². The molecule has 2 rings (SSSR count). The lowest BCUT2D eigenvalue weighted by Gasteiger charge is -2.32. The molecule has 1 amide bonds. The number of nitrogens with zero attached hydrogens (tertiary/aromatic N) is 3. The van der Waals surface area contributed by atoms with E-state index in [0.717, 1.165) is 23.9 Å². The van der Waals surface area contributed by atoms with Crippen LogP contribution in [-0.2, 0) is 0 Å². The molecule has 1 aromatic heterocycles. The van der Waals surface area contributed by atoms with Gasteiger partial charge in [0.05, 0.1) is 5.69 Å². The molecule has 0 aliphatic carbocycles. The van der Waals surface area contributed by atoms with Crippen LogP contribution in [-0.4, -0.2) is 47.3 Å². The van der Waals surface area contributed by atoms with Gasteiger partial charge in [0.2, 0.25) is 0 Å². The Labute approximate surface area is 98.3 Å². The second-order valence-electron chi connectivity index (χ2n) is 3.89. The van der Waals surface area contributed by atoms with E-state index in [9.17, 15) is 4.79 Å². The molecule has 16 heavy (non-hydrogen) atoms. The summed E-state index contributed by atoms with van der Waals surface area (Å²) in [5.74, 6) is 0. The summed E-state index contributed by atoms with van der Waals surface area (Å²) in [6.45, 7) is 6.66. The third-order valence-electron chi connectivity index (χ3n) is 2.84. The van der Waals surface area contributed by atoms with Gasteiger partial charge in [-0.25, -0.2) is 9.78 Å². The van der Waals surface area contributed by atoms with Crippen molar-refractivity contribution in [3.63, 3.8) is 0 Å². The standard InChI is InChI=1S/C10H15N3O2S/c1-7-8(2)16-9(11-7)12-3-5-13(6-4-12)10(14)15/h3-6H2,1-2H3,(H,14,15). The Morgan fingerprint density at radius 2 is 1.94 bits per heavy atom. The van der Waals surface area contributed by atoms with Gasteiger partial charge in [-0.1, -0.05) is 0 Å². The predicted molar refractivity (Wildman–Crippen MR) is 63.4 cm³/mol. The molecule has 0 aromatic carbocycles. The van der Waals surface area contributed by atoms with Gasteiger partial charge in [0.25, 0.3) is 0 Å². The molecule has 5 nitrogen and oxygen atoms in total. The minimum absolute atomic E-state index is 0.563. The number of amides is 1. The minimum atomic E-state index is -0.828. The summed E-state index contributed by atoms with van der Waals surface area (Å²) in [6.07, 6.45) is -0.828. The number of piperazine rings is 1. The molecular weight excluding hydrogens is 226 g/mol. The highest BCUT2D eigenvalue weighted by molar-refractivity contribution is 7.15. The van der Waals surface area contributed by atoms with Gasteiger partial charge in [-0.15, -0.1) is 11.3 Å². The van der Waals surface area contributed by atoms with E-state index in [-0.39, 0.29) is 0 Å². The number of anilines is 1. The van der Waals surface area contributed by atoms with Crippen molar-refractivity contribution in [2.75, 3.05) is 31.1 Å². The second-order valence-corrected chi connectivity index (χ2v) is 5.08. The molecule has 0 bridgehead atoms. The predicted octanol–water partition coefficient (Wildman–Crippen LogP) is 1.56. The van der Waals surface area contributed by atoms with Crippen molar-refractivity contribution < 1.29 is 9.90 Å². The molecule has 1 N–H and O–H groups in total. The van der Waals surface area contributed by atoms with Crippen molar-refractivity contribution in [3.8, 4) is 0 Å². The maximum Gasteiger partial charge on any atom is 0.407 e. The summed E-state index contributed by atoms with van der Waals surface area (Å²) < 4.78 is 0. The molecule has 1 aliphatic heterocycles. The molecule has 1 aromatic rings. The first kappa shape index (κ1) is 11.2. The number of aryl methyl sites for hydroxylation is 2. The maximum atomic E-state index is 10.8. The number of rotatable bonds is 1. The molecule has 0 atom stereocenters. The van der Waals surface area contributed by atoms with Crippen LogP contribution >= 0.6 is 11.3 Å². The number of carboxylic acid groups (broad SMARTS) is 1. The van der Waals surface area contributed by atoms with E-state index in [4.69, 9.17) is 5.11 Å². The number of thiazole rings is 1. The third kappa shape index (κ3) is 2.11. The fraction of sp³-hybridized carbons (Fsp3) is 0.600. The van der Waals surface area contributed by atoms with Gasteiger partial charge in [-0.05, 0) is 13.8 Å². The second kappa shape index (κ2) is 4.29. The molecule has 1 aliphatic rings. The molecule has 0 radical (unpaired) electrons. The van der Waals surface area contributed by atoms with Crippen molar-refractivity contribution >= 4 is 22.6 Å². The minimum Gasteiger partial charge on any atom is -0.465 e. The van der Waals surface area contributed by atoms with E-state index < -0.39 is 6.09 Å². The van der Waals surface area contributed by atoms with Gasteiger partial charge in [0, 0.05) is 31.1 Å². The van der Waals surface area contributed by atoms with E-state index in [1.807, 2.05) is 6.92 Å². The Morgan fingerprint density at radius 3 is 2.38 bits per heavy atom. The van der Waals surface area contributed by atoms with Crippen LogP contribution in [0.4, 0.5) is 9.93 Å². The Hall–Kier alpha value is -1.30. The lowest BCUT2D eigenvalue weighted by Crippen LogP contribution is -2.48. The maximum absolute atomic E-state index is 10.8. The first-order valence-corrected chi connectivity index (χ1v) is 6.06. The smallest absolute Gasteiger partial charge is 0.407 e. The number of carbonyl (C=O) groups is 1. The number of aromatic nitrogens is 1. The largest absolute Gasteiger partial charge is 0.465 e. The summed E-state index contributed by atoms with van der Waals surface area (Å²) in [4.78, 5) is 20.1.